The number of carbonyl (C=O) groups excluding carboxylic acids is 3. The monoisotopic (exact) mass is 904 g/mol. The number of nitrogens with one attached hydrogen (secondary N) is 4. The maximum atomic E-state index is 13.7. The van der Waals surface area contributed by atoms with Crippen LogP contribution in [-0.2, 0) is 14.2 Å². The molecule has 8 rings (SSSR count). The molecule has 3 fully saturated rings. The number of nitrogens with zero attached hydrogens (tertiary/aromatic N) is 5. The molecule has 0 radical (unpaired) electrons. The lowest BCUT2D eigenvalue weighted by molar-refractivity contribution is -0.0424. The molecule has 3 amide bonds. The zero-order valence-electron chi connectivity index (χ0n) is 33.6. The summed E-state index contributed by atoms with van der Waals surface area (Å²) in [5.74, 6) is -1.19. The Labute approximate surface area is 369 Å². The number of carbonyl (C=O) groups is 3. The van der Waals surface area contributed by atoms with Crippen LogP contribution >= 0.6 is 23.2 Å². The van der Waals surface area contributed by atoms with E-state index in [2.05, 4.69) is 31.2 Å². The van der Waals surface area contributed by atoms with Crippen molar-refractivity contribution >= 4 is 75.4 Å². The molecule has 21 heteroatoms. The quantitative estimate of drug-likeness (QED) is 0.0978. The lowest BCUT2D eigenvalue weighted by Crippen LogP contribution is -2.33. The van der Waals surface area contributed by atoms with Crippen LogP contribution in [0.15, 0.2) is 94.8 Å². The average molecular weight is 906 g/mol. The Balaban J connectivity index is 0.000000190. The molecule has 18 nitrogen and oxygen atoms in total. The standard InChI is InChI=1S/C22H19ClFN5O4.C20H24ClN5O4/c23-19-18(11-25-28-21(19)31)29-10-9-15(12-29)33-22(32)27-14-7-5-13(6-8-14)26-20(30)16-3-1-2-4-17(16)24;21-18-16(11-23-26(19(18)27)17-3-1-2-10-29-17)25-9-8-15(12-25)30-20(28)24-14-6-4-13(22)5-7-14/h1-8,11,15H,9-10,12H2,(H,26,30)(H,27,32)(H,28,31);4-7,11,15,17H,1-3,8-10,12,22H2,(H,24,28)/t15-;15-,17?/m11/s1. The largest absolute Gasteiger partial charge is 0.444 e. The number of halogens is 3. The van der Waals surface area contributed by atoms with E-state index in [1.165, 1.54) is 29.1 Å². The van der Waals surface area contributed by atoms with Gasteiger partial charge in [-0.3, -0.25) is 25.0 Å². The van der Waals surface area contributed by atoms with Crippen molar-refractivity contribution in [1.29, 1.82) is 0 Å². The highest BCUT2D eigenvalue weighted by molar-refractivity contribution is 6.33. The number of benzene rings is 3. The van der Waals surface area contributed by atoms with Gasteiger partial charge in [-0.1, -0.05) is 35.3 Å². The molecule has 3 aliphatic heterocycles. The number of nitrogen functional groups attached to an aromatic ring is 1. The van der Waals surface area contributed by atoms with Gasteiger partial charge in [-0.15, -0.1) is 0 Å². The summed E-state index contributed by atoms with van der Waals surface area (Å²) in [5, 5.41) is 18.3. The second-order valence-electron chi connectivity index (χ2n) is 14.7. The minimum absolute atomic E-state index is 0.0392. The van der Waals surface area contributed by atoms with E-state index in [9.17, 15) is 28.4 Å². The first-order chi connectivity index (χ1) is 30.4. The predicted octanol–water partition coefficient (Wildman–Crippen LogP) is 6.65. The van der Waals surface area contributed by atoms with Crippen LogP contribution in [0.1, 0.15) is 48.7 Å². The van der Waals surface area contributed by atoms with E-state index >= 15 is 0 Å². The first-order valence-electron chi connectivity index (χ1n) is 20.0. The molecule has 0 saturated carbocycles. The molecule has 0 aliphatic carbocycles. The molecule has 3 aromatic carbocycles. The van der Waals surface area contributed by atoms with Gasteiger partial charge in [0.25, 0.3) is 17.0 Å². The summed E-state index contributed by atoms with van der Waals surface area (Å²) in [7, 11) is 0. The number of ether oxygens (including phenoxy) is 3. The lowest BCUT2D eigenvalue weighted by atomic mass is 10.2. The maximum Gasteiger partial charge on any atom is 0.411 e. The Morgan fingerprint density at radius 1 is 0.762 bits per heavy atom. The highest BCUT2D eigenvalue weighted by Gasteiger charge is 2.30. The number of H-pyrrole nitrogens is 1. The molecule has 3 aliphatic rings. The molecule has 3 saturated heterocycles. The number of aromatic nitrogens is 4. The van der Waals surface area contributed by atoms with Crippen molar-refractivity contribution in [2.75, 3.05) is 64.3 Å². The normalized spacial score (nSPS) is 18.2. The third-order valence-electron chi connectivity index (χ3n) is 10.3. The number of aromatic amines is 1. The second kappa shape index (κ2) is 20.4. The highest BCUT2D eigenvalue weighted by atomic mass is 35.5. The molecule has 6 N–H and O–H groups in total. The van der Waals surface area contributed by atoms with Crippen LogP contribution < -0.4 is 42.6 Å². The topological polar surface area (TPSA) is 228 Å². The third-order valence-corrected chi connectivity index (χ3v) is 11.0. The van der Waals surface area contributed by atoms with Crippen molar-refractivity contribution in [3.63, 3.8) is 0 Å². The van der Waals surface area contributed by atoms with Crippen LogP contribution in [0.2, 0.25) is 10.0 Å². The molecule has 63 heavy (non-hydrogen) atoms. The Morgan fingerprint density at radius 3 is 1.92 bits per heavy atom. The Hall–Kier alpha value is -6.70. The molecule has 0 spiro atoms. The lowest BCUT2D eigenvalue weighted by Gasteiger charge is -2.25. The van der Waals surface area contributed by atoms with Crippen LogP contribution in [0.3, 0.4) is 0 Å². The summed E-state index contributed by atoms with van der Waals surface area (Å²) in [6, 6.07) is 18.8. The van der Waals surface area contributed by atoms with E-state index in [0.29, 0.717) is 79.8 Å². The SMILES string of the molecule is Nc1ccc(NC(=O)O[C@@H]2CCN(c3cnn(C4CCCCO4)c(=O)c3Cl)C2)cc1.O=C(Nc1ccc(NC(=O)c2ccccc2F)cc1)O[C@@H]1CCN(c2cn[nH]c(=O)c2Cl)C1. The number of amides is 3. The van der Waals surface area contributed by atoms with Crippen molar-refractivity contribution in [2.45, 2.75) is 50.5 Å². The van der Waals surface area contributed by atoms with Gasteiger partial charge in [0.15, 0.2) is 6.23 Å². The van der Waals surface area contributed by atoms with E-state index in [1.807, 2.05) is 9.80 Å². The van der Waals surface area contributed by atoms with Gasteiger partial charge >= 0.3 is 12.2 Å². The van der Waals surface area contributed by atoms with Gasteiger partial charge in [0.05, 0.1) is 42.4 Å². The summed E-state index contributed by atoms with van der Waals surface area (Å²) < 4.78 is 31.6. The van der Waals surface area contributed by atoms with Crippen molar-refractivity contribution in [1.82, 2.24) is 20.0 Å². The summed E-state index contributed by atoms with van der Waals surface area (Å²) in [6.07, 6.45) is 4.68. The number of hydrogen-bond acceptors (Lipinski definition) is 13. The van der Waals surface area contributed by atoms with Gasteiger partial charge < -0.3 is 35.1 Å². The van der Waals surface area contributed by atoms with Crippen LogP contribution in [0.25, 0.3) is 0 Å². The van der Waals surface area contributed by atoms with Crippen molar-refractivity contribution in [2.24, 2.45) is 0 Å². The van der Waals surface area contributed by atoms with E-state index in [0.717, 1.165) is 19.3 Å². The molecule has 330 valence electrons. The van der Waals surface area contributed by atoms with Crippen LogP contribution in [0.5, 0.6) is 0 Å². The fourth-order valence-electron chi connectivity index (χ4n) is 7.10. The first-order valence-corrected chi connectivity index (χ1v) is 20.8. The Kier molecular flexibility index (Phi) is 14.4. The van der Waals surface area contributed by atoms with Crippen LogP contribution in [-0.4, -0.2) is 83.1 Å². The average Bonchev–Trinajstić information content (AvgIpc) is 3.94. The van der Waals surface area contributed by atoms with E-state index in [1.54, 1.807) is 60.8 Å². The Bertz CT molecular complexity index is 2540. The molecule has 5 heterocycles. The molecule has 2 aromatic heterocycles. The highest BCUT2D eigenvalue weighted by Crippen LogP contribution is 2.29. The number of anilines is 6. The van der Waals surface area contributed by atoms with Gasteiger partial charge in [0.1, 0.15) is 28.1 Å². The first kappa shape index (κ1) is 44.4. The van der Waals surface area contributed by atoms with Gasteiger partial charge in [-0.25, -0.2) is 19.1 Å². The third kappa shape index (κ3) is 11.4. The van der Waals surface area contributed by atoms with E-state index in [-0.39, 0.29) is 39.6 Å². The van der Waals surface area contributed by atoms with Gasteiger partial charge in [-0.2, -0.15) is 14.9 Å². The molecular formula is C42H43Cl2FN10O8. The van der Waals surface area contributed by atoms with Crippen LogP contribution in [0, 0.1) is 5.82 Å². The van der Waals surface area contributed by atoms with Crippen molar-refractivity contribution < 1.29 is 33.0 Å². The minimum Gasteiger partial charge on any atom is -0.444 e. The molecule has 5 aromatic rings. The van der Waals surface area contributed by atoms with Crippen molar-refractivity contribution in [3.05, 3.63) is 127 Å². The molecular weight excluding hydrogens is 862 g/mol. The van der Waals surface area contributed by atoms with E-state index < -0.39 is 29.5 Å². The second-order valence-corrected chi connectivity index (χ2v) is 15.5. The van der Waals surface area contributed by atoms with Gasteiger partial charge in [0, 0.05) is 55.3 Å². The van der Waals surface area contributed by atoms with Gasteiger partial charge in [0.2, 0.25) is 0 Å². The molecule has 1 unspecified atom stereocenters. The van der Waals surface area contributed by atoms with Crippen LogP contribution in [0.4, 0.5) is 48.1 Å². The molecule has 3 atom stereocenters. The zero-order valence-corrected chi connectivity index (χ0v) is 35.1. The maximum absolute atomic E-state index is 13.7. The minimum atomic E-state index is -0.639. The summed E-state index contributed by atoms with van der Waals surface area (Å²) in [6.45, 7) is 2.57. The summed E-state index contributed by atoms with van der Waals surface area (Å²) >= 11 is 12.4. The smallest absolute Gasteiger partial charge is 0.411 e. The Morgan fingerprint density at radius 2 is 1.33 bits per heavy atom. The number of hydrogen-bond donors (Lipinski definition) is 5. The molecule has 0 bridgehead atoms. The zero-order chi connectivity index (χ0) is 44.5. The fourth-order valence-corrected chi connectivity index (χ4v) is 7.57. The van der Waals surface area contributed by atoms with Gasteiger partial charge in [-0.05, 0) is 79.9 Å². The van der Waals surface area contributed by atoms with Crippen molar-refractivity contribution in [3.8, 4) is 0 Å². The number of nitrogens with two attached hydrogens (primary N) is 1. The predicted molar refractivity (Wildman–Crippen MR) is 235 cm³/mol. The van der Waals surface area contributed by atoms with E-state index in [4.69, 9.17) is 43.1 Å². The summed E-state index contributed by atoms with van der Waals surface area (Å²) in [4.78, 5) is 64.6. The number of rotatable bonds is 9. The fraction of sp³-hybridized carbons (Fsp3) is 0.310. The summed E-state index contributed by atoms with van der Waals surface area (Å²) in [5.41, 5.74) is 7.87.